The average Bonchev–Trinajstić information content (AvgIpc) is 3.25. The molecule has 0 amide bonds. The lowest BCUT2D eigenvalue weighted by Crippen LogP contribution is -2.25. The fourth-order valence-corrected chi connectivity index (χ4v) is 3.07. The van der Waals surface area contributed by atoms with Gasteiger partial charge < -0.3 is 5.32 Å². The van der Waals surface area contributed by atoms with Gasteiger partial charge in [-0.3, -0.25) is 4.68 Å². The largest absolute Gasteiger partial charge is 0.312 e. The Bertz CT molecular complexity index is 689. The highest BCUT2D eigenvalue weighted by Crippen LogP contribution is 2.42. The van der Waals surface area contributed by atoms with Crippen molar-refractivity contribution in [3.8, 4) is 0 Å². The van der Waals surface area contributed by atoms with Crippen molar-refractivity contribution in [2.24, 2.45) is 0 Å². The van der Waals surface area contributed by atoms with Crippen LogP contribution in [-0.2, 0) is 19.5 Å². The Morgan fingerprint density at radius 3 is 2.90 bits per heavy atom. The monoisotopic (exact) mass is 289 g/mol. The van der Waals surface area contributed by atoms with Gasteiger partial charge in [0.25, 0.3) is 0 Å². The van der Waals surface area contributed by atoms with E-state index in [-0.39, 0.29) is 0 Å². The Kier molecular flexibility index (Phi) is 3.03. The Morgan fingerprint density at radius 2 is 2.14 bits per heavy atom. The van der Waals surface area contributed by atoms with Crippen LogP contribution in [-0.4, -0.2) is 16.3 Å². The molecule has 1 saturated carbocycles. The van der Waals surface area contributed by atoms with Crippen molar-refractivity contribution < 1.29 is 8.78 Å². The molecule has 110 valence electrons. The molecule has 0 bridgehead atoms. The van der Waals surface area contributed by atoms with Gasteiger partial charge in [0.15, 0.2) is 0 Å². The molecular weight excluding hydrogens is 272 g/mol. The lowest BCUT2D eigenvalue weighted by molar-refractivity contribution is 0.543. The first-order valence-corrected chi connectivity index (χ1v) is 7.45. The van der Waals surface area contributed by atoms with Crippen LogP contribution in [0.15, 0.2) is 18.2 Å². The first-order chi connectivity index (χ1) is 10.2. The topological polar surface area (TPSA) is 29.9 Å². The van der Waals surface area contributed by atoms with Gasteiger partial charge in [-0.25, -0.2) is 8.78 Å². The van der Waals surface area contributed by atoms with Gasteiger partial charge in [0, 0.05) is 48.3 Å². The minimum Gasteiger partial charge on any atom is -0.312 e. The van der Waals surface area contributed by atoms with E-state index in [1.165, 1.54) is 41.9 Å². The maximum atomic E-state index is 13.9. The second-order valence-electron chi connectivity index (χ2n) is 5.90. The van der Waals surface area contributed by atoms with Gasteiger partial charge >= 0.3 is 0 Å². The summed E-state index contributed by atoms with van der Waals surface area (Å²) in [7, 11) is 0. The van der Waals surface area contributed by atoms with Crippen molar-refractivity contribution in [1.29, 1.82) is 0 Å². The van der Waals surface area contributed by atoms with Crippen molar-refractivity contribution in [2.75, 3.05) is 6.54 Å². The van der Waals surface area contributed by atoms with Crippen molar-refractivity contribution in [1.82, 2.24) is 15.1 Å². The van der Waals surface area contributed by atoms with Crippen LogP contribution in [0.4, 0.5) is 8.78 Å². The minimum atomic E-state index is -0.540. The molecular formula is C16H17F2N3. The highest BCUT2D eigenvalue weighted by atomic mass is 19.1. The van der Waals surface area contributed by atoms with E-state index in [9.17, 15) is 8.78 Å². The van der Waals surface area contributed by atoms with Gasteiger partial charge in [-0.05, 0) is 18.9 Å². The zero-order chi connectivity index (χ0) is 14.4. The van der Waals surface area contributed by atoms with E-state index >= 15 is 0 Å². The lowest BCUT2D eigenvalue weighted by atomic mass is 10.0. The predicted molar refractivity (Wildman–Crippen MR) is 75.1 cm³/mol. The molecule has 21 heavy (non-hydrogen) atoms. The van der Waals surface area contributed by atoms with Crippen molar-refractivity contribution in [3.05, 3.63) is 52.3 Å². The highest BCUT2D eigenvalue weighted by Gasteiger charge is 2.32. The number of halogens is 2. The molecule has 0 saturated heterocycles. The Labute approximate surface area is 122 Å². The molecule has 2 heterocycles. The van der Waals surface area contributed by atoms with Gasteiger partial charge in [0.2, 0.25) is 0 Å². The third-order valence-electron chi connectivity index (χ3n) is 4.34. The molecule has 3 nitrogen and oxygen atoms in total. The molecule has 1 aliphatic carbocycles. The molecule has 0 radical (unpaired) electrons. The first-order valence-electron chi connectivity index (χ1n) is 7.45. The first kappa shape index (κ1) is 13.0. The van der Waals surface area contributed by atoms with Crippen LogP contribution in [0.25, 0.3) is 0 Å². The molecule has 1 aliphatic heterocycles. The molecule has 4 rings (SSSR count). The lowest BCUT2D eigenvalue weighted by Gasteiger charge is -2.16. The second-order valence-corrected chi connectivity index (χ2v) is 5.90. The summed E-state index contributed by atoms with van der Waals surface area (Å²) in [6, 6.07) is 3.75. The van der Waals surface area contributed by atoms with Crippen LogP contribution in [0.2, 0.25) is 0 Å². The number of aromatic nitrogens is 2. The van der Waals surface area contributed by atoms with Crippen LogP contribution in [0.5, 0.6) is 0 Å². The van der Waals surface area contributed by atoms with Crippen LogP contribution in [0.1, 0.15) is 41.3 Å². The number of benzene rings is 1. The average molecular weight is 289 g/mol. The maximum Gasteiger partial charge on any atom is 0.131 e. The molecule has 1 N–H and O–H groups in total. The molecule has 5 heteroatoms. The second kappa shape index (κ2) is 4.91. The SMILES string of the molecule is Fc1ccc(Cn2nc(C3CC3)c3c2CCNC3)c(F)c1. The summed E-state index contributed by atoms with van der Waals surface area (Å²) in [6.45, 7) is 2.16. The Morgan fingerprint density at radius 1 is 1.29 bits per heavy atom. The number of nitrogens with zero attached hydrogens (tertiary/aromatic N) is 2. The Balaban J connectivity index is 1.71. The summed E-state index contributed by atoms with van der Waals surface area (Å²) in [5.41, 5.74) is 4.17. The number of nitrogens with one attached hydrogen (secondary N) is 1. The summed E-state index contributed by atoms with van der Waals surface area (Å²) in [6.07, 6.45) is 3.32. The normalized spacial score (nSPS) is 17.8. The molecule has 2 aromatic rings. The molecule has 0 spiro atoms. The van der Waals surface area contributed by atoms with Crippen molar-refractivity contribution >= 4 is 0 Å². The zero-order valence-electron chi connectivity index (χ0n) is 11.7. The number of hydrogen-bond acceptors (Lipinski definition) is 2. The summed E-state index contributed by atoms with van der Waals surface area (Å²) >= 11 is 0. The third-order valence-corrected chi connectivity index (χ3v) is 4.34. The van der Waals surface area contributed by atoms with Gasteiger partial charge in [0.05, 0.1) is 12.2 Å². The van der Waals surface area contributed by atoms with E-state index in [4.69, 9.17) is 5.10 Å². The van der Waals surface area contributed by atoms with Gasteiger partial charge in [-0.2, -0.15) is 5.10 Å². The van der Waals surface area contributed by atoms with Crippen LogP contribution < -0.4 is 5.32 Å². The number of hydrogen-bond donors (Lipinski definition) is 1. The molecule has 1 aromatic carbocycles. The standard InChI is InChI=1S/C16H17F2N3/c17-12-4-3-11(14(18)7-12)9-21-15-5-6-19-8-13(15)16(20-21)10-1-2-10/h3-4,7,10,19H,1-2,5-6,8-9H2. The minimum absolute atomic E-state index is 0.376. The van der Waals surface area contributed by atoms with E-state index in [1.54, 1.807) is 0 Å². The quantitative estimate of drug-likeness (QED) is 0.941. The molecule has 2 aliphatic rings. The third kappa shape index (κ3) is 2.35. The molecule has 0 unspecified atom stereocenters. The van der Waals surface area contributed by atoms with E-state index < -0.39 is 11.6 Å². The zero-order valence-corrected chi connectivity index (χ0v) is 11.7. The van der Waals surface area contributed by atoms with Crippen LogP contribution >= 0.6 is 0 Å². The van der Waals surface area contributed by atoms with Crippen molar-refractivity contribution in [2.45, 2.75) is 38.3 Å². The van der Waals surface area contributed by atoms with E-state index in [2.05, 4.69) is 5.32 Å². The van der Waals surface area contributed by atoms with Gasteiger partial charge in [-0.1, -0.05) is 6.07 Å². The summed E-state index contributed by atoms with van der Waals surface area (Å²) in [5, 5.41) is 8.11. The number of rotatable bonds is 3. The highest BCUT2D eigenvalue weighted by molar-refractivity contribution is 5.34. The van der Waals surface area contributed by atoms with Crippen LogP contribution in [0.3, 0.4) is 0 Å². The smallest absolute Gasteiger partial charge is 0.131 e. The van der Waals surface area contributed by atoms with Gasteiger partial charge in [-0.15, -0.1) is 0 Å². The summed E-state index contributed by atoms with van der Waals surface area (Å²) in [5.74, 6) is -0.458. The Hall–Kier alpha value is -1.75. The fourth-order valence-electron chi connectivity index (χ4n) is 3.07. The van der Waals surface area contributed by atoms with Crippen molar-refractivity contribution in [3.63, 3.8) is 0 Å². The molecule has 0 atom stereocenters. The van der Waals surface area contributed by atoms with Gasteiger partial charge in [0.1, 0.15) is 11.6 Å². The summed E-state index contributed by atoms with van der Waals surface area (Å²) in [4.78, 5) is 0. The number of fused-ring (bicyclic) bond motifs is 1. The van der Waals surface area contributed by atoms with E-state index in [0.717, 1.165) is 25.6 Å². The van der Waals surface area contributed by atoms with E-state index in [0.29, 0.717) is 18.0 Å². The maximum absolute atomic E-state index is 13.9. The molecule has 1 aromatic heterocycles. The summed E-state index contributed by atoms with van der Waals surface area (Å²) < 4.78 is 28.8. The fraction of sp³-hybridized carbons (Fsp3) is 0.438. The molecule has 1 fully saturated rings. The van der Waals surface area contributed by atoms with E-state index in [1.807, 2.05) is 4.68 Å². The van der Waals surface area contributed by atoms with Crippen LogP contribution in [0, 0.1) is 11.6 Å². The predicted octanol–water partition coefficient (Wildman–Crippen LogP) is 2.73.